The Kier molecular flexibility index (Phi) is 7.29. The zero-order valence-electron chi connectivity index (χ0n) is 17.5. The highest BCUT2D eigenvalue weighted by Crippen LogP contribution is 2.24. The summed E-state index contributed by atoms with van der Waals surface area (Å²) in [5.74, 6) is 1.14. The van der Waals surface area contributed by atoms with Gasteiger partial charge in [-0.25, -0.2) is 4.98 Å². The summed E-state index contributed by atoms with van der Waals surface area (Å²) in [6, 6.07) is 13.2. The molecule has 156 valence electrons. The fraction of sp³-hybridized carbons (Fsp3) is 0.273. The standard InChI is InChI=1S/C22H27N7O/c1-16(30)25-18-7-9-19(10-8-18)26-21-14-20(17-6-4-11-23-15-17)27-22(28-21)24-12-5-13-29(2)3/h4,6-11,14-15H,5,12-13H2,1-3H3,(H,25,30)(H2,24,26,27,28). The molecule has 0 fully saturated rings. The molecule has 3 aromatic rings. The van der Waals surface area contributed by atoms with Crippen LogP contribution in [0.3, 0.4) is 0 Å². The van der Waals surface area contributed by atoms with Crippen LogP contribution >= 0.6 is 0 Å². The Morgan fingerprint density at radius 1 is 1.07 bits per heavy atom. The van der Waals surface area contributed by atoms with Crippen LogP contribution < -0.4 is 16.0 Å². The van der Waals surface area contributed by atoms with E-state index < -0.39 is 0 Å². The molecule has 1 aromatic carbocycles. The quantitative estimate of drug-likeness (QED) is 0.468. The van der Waals surface area contributed by atoms with Crippen molar-refractivity contribution in [3.8, 4) is 11.3 Å². The van der Waals surface area contributed by atoms with Crippen molar-refractivity contribution < 1.29 is 4.79 Å². The summed E-state index contributed by atoms with van der Waals surface area (Å²) in [5.41, 5.74) is 3.31. The lowest BCUT2D eigenvalue weighted by Crippen LogP contribution is -2.17. The van der Waals surface area contributed by atoms with E-state index in [0.29, 0.717) is 11.8 Å². The number of benzene rings is 1. The molecule has 2 heterocycles. The molecule has 8 nitrogen and oxygen atoms in total. The van der Waals surface area contributed by atoms with Gasteiger partial charge in [-0.1, -0.05) is 0 Å². The van der Waals surface area contributed by atoms with Gasteiger partial charge in [0.2, 0.25) is 11.9 Å². The topological polar surface area (TPSA) is 95.1 Å². The second kappa shape index (κ2) is 10.3. The summed E-state index contributed by atoms with van der Waals surface area (Å²) >= 11 is 0. The Morgan fingerprint density at radius 2 is 1.83 bits per heavy atom. The van der Waals surface area contributed by atoms with Crippen LogP contribution in [-0.4, -0.2) is 52.9 Å². The first-order chi connectivity index (χ1) is 14.5. The number of anilines is 4. The van der Waals surface area contributed by atoms with Crippen molar-refractivity contribution in [3.63, 3.8) is 0 Å². The van der Waals surface area contributed by atoms with E-state index in [1.54, 1.807) is 12.4 Å². The Hall–Kier alpha value is -3.52. The molecule has 0 bridgehead atoms. The molecule has 2 aromatic heterocycles. The molecule has 0 radical (unpaired) electrons. The predicted molar refractivity (Wildman–Crippen MR) is 121 cm³/mol. The number of aromatic nitrogens is 3. The number of hydrogen-bond donors (Lipinski definition) is 3. The summed E-state index contributed by atoms with van der Waals surface area (Å²) in [4.78, 5) is 26.8. The predicted octanol–water partition coefficient (Wildman–Crippen LogP) is 3.60. The highest BCUT2D eigenvalue weighted by atomic mass is 16.1. The van der Waals surface area contributed by atoms with Gasteiger partial charge in [0.15, 0.2) is 0 Å². The first-order valence-electron chi connectivity index (χ1n) is 9.82. The van der Waals surface area contributed by atoms with Crippen LogP contribution in [0.25, 0.3) is 11.3 Å². The molecule has 0 atom stereocenters. The van der Waals surface area contributed by atoms with Crippen molar-refractivity contribution in [3.05, 3.63) is 54.9 Å². The van der Waals surface area contributed by atoms with Crippen molar-refractivity contribution in [1.82, 2.24) is 19.9 Å². The Morgan fingerprint density at radius 3 is 2.50 bits per heavy atom. The van der Waals surface area contributed by atoms with E-state index in [2.05, 4.69) is 49.9 Å². The van der Waals surface area contributed by atoms with Crippen molar-refractivity contribution >= 4 is 29.0 Å². The summed E-state index contributed by atoms with van der Waals surface area (Å²) in [6.07, 6.45) is 4.51. The van der Waals surface area contributed by atoms with Crippen LogP contribution in [0, 0.1) is 0 Å². The first kappa shape index (κ1) is 21.2. The van der Waals surface area contributed by atoms with E-state index in [1.165, 1.54) is 6.92 Å². The van der Waals surface area contributed by atoms with E-state index in [1.807, 2.05) is 42.5 Å². The molecule has 3 N–H and O–H groups in total. The average molecular weight is 406 g/mol. The minimum atomic E-state index is -0.0994. The zero-order valence-corrected chi connectivity index (χ0v) is 17.5. The smallest absolute Gasteiger partial charge is 0.225 e. The maximum Gasteiger partial charge on any atom is 0.225 e. The average Bonchev–Trinajstić information content (AvgIpc) is 2.73. The number of hydrogen-bond acceptors (Lipinski definition) is 7. The van der Waals surface area contributed by atoms with Gasteiger partial charge >= 0.3 is 0 Å². The molecule has 0 aliphatic rings. The second-order valence-electron chi connectivity index (χ2n) is 7.17. The van der Waals surface area contributed by atoms with Crippen molar-refractivity contribution in [1.29, 1.82) is 0 Å². The van der Waals surface area contributed by atoms with Gasteiger partial charge in [-0.05, 0) is 63.5 Å². The number of nitrogens with one attached hydrogen (secondary N) is 3. The van der Waals surface area contributed by atoms with Crippen LogP contribution in [-0.2, 0) is 4.79 Å². The third-order valence-electron chi connectivity index (χ3n) is 4.23. The summed E-state index contributed by atoms with van der Waals surface area (Å²) in [6.45, 7) is 3.25. The minimum absolute atomic E-state index is 0.0994. The maximum atomic E-state index is 11.2. The molecule has 8 heteroatoms. The lowest BCUT2D eigenvalue weighted by molar-refractivity contribution is -0.114. The fourth-order valence-corrected chi connectivity index (χ4v) is 2.84. The summed E-state index contributed by atoms with van der Waals surface area (Å²) in [7, 11) is 4.11. The maximum absolute atomic E-state index is 11.2. The van der Waals surface area contributed by atoms with Gasteiger partial charge in [-0.2, -0.15) is 4.98 Å². The molecule has 0 saturated heterocycles. The van der Waals surface area contributed by atoms with Crippen molar-refractivity contribution in [2.45, 2.75) is 13.3 Å². The van der Waals surface area contributed by atoms with Crippen LogP contribution in [0.15, 0.2) is 54.9 Å². The van der Waals surface area contributed by atoms with Gasteiger partial charge in [0.1, 0.15) is 5.82 Å². The molecule has 0 saturated carbocycles. The van der Waals surface area contributed by atoms with E-state index >= 15 is 0 Å². The molecule has 0 unspecified atom stereocenters. The molecular formula is C22H27N7O. The first-order valence-corrected chi connectivity index (χ1v) is 9.82. The SMILES string of the molecule is CC(=O)Nc1ccc(Nc2cc(-c3cccnc3)nc(NCCCN(C)C)n2)cc1. The molecular weight excluding hydrogens is 378 g/mol. The van der Waals surface area contributed by atoms with Crippen molar-refractivity contribution in [2.24, 2.45) is 0 Å². The highest BCUT2D eigenvalue weighted by Gasteiger charge is 2.08. The monoisotopic (exact) mass is 405 g/mol. The zero-order chi connectivity index (χ0) is 21.3. The largest absolute Gasteiger partial charge is 0.354 e. The third kappa shape index (κ3) is 6.52. The molecule has 0 spiro atoms. The minimum Gasteiger partial charge on any atom is -0.354 e. The molecule has 0 aliphatic heterocycles. The molecule has 30 heavy (non-hydrogen) atoms. The molecule has 0 aliphatic carbocycles. The number of amides is 1. The van der Waals surface area contributed by atoms with Gasteiger partial charge < -0.3 is 20.9 Å². The Bertz CT molecular complexity index is 959. The van der Waals surface area contributed by atoms with Gasteiger partial charge in [-0.15, -0.1) is 0 Å². The van der Waals surface area contributed by atoms with Gasteiger partial charge in [0.25, 0.3) is 0 Å². The van der Waals surface area contributed by atoms with E-state index in [0.717, 1.165) is 42.1 Å². The number of carbonyl (C=O) groups is 1. The van der Waals surface area contributed by atoms with Crippen LogP contribution in [0.4, 0.5) is 23.1 Å². The van der Waals surface area contributed by atoms with Crippen LogP contribution in [0.1, 0.15) is 13.3 Å². The van der Waals surface area contributed by atoms with Gasteiger partial charge in [-0.3, -0.25) is 9.78 Å². The van der Waals surface area contributed by atoms with E-state index in [-0.39, 0.29) is 5.91 Å². The Balaban J connectivity index is 1.79. The van der Waals surface area contributed by atoms with Crippen LogP contribution in [0.5, 0.6) is 0 Å². The van der Waals surface area contributed by atoms with Gasteiger partial charge in [0, 0.05) is 48.9 Å². The van der Waals surface area contributed by atoms with Gasteiger partial charge in [0.05, 0.1) is 5.69 Å². The number of pyridine rings is 1. The fourth-order valence-electron chi connectivity index (χ4n) is 2.84. The number of carbonyl (C=O) groups excluding carboxylic acids is 1. The Labute approximate surface area is 176 Å². The number of rotatable bonds is 9. The second-order valence-corrected chi connectivity index (χ2v) is 7.17. The third-order valence-corrected chi connectivity index (χ3v) is 4.23. The normalized spacial score (nSPS) is 10.7. The highest BCUT2D eigenvalue weighted by molar-refractivity contribution is 5.88. The lowest BCUT2D eigenvalue weighted by atomic mass is 10.2. The number of nitrogens with zero attached hydrogens (tertiary/aromatic N) is 4. The summed E-state index contributed by atoms with van der Waals surface area (Å²) < 4.78 is 0. The van der Waals surface area contributed by atoms with Crippen LogP contribution in [0.2, 0.25) is 0 Å². The molecule has 3 rings (SSSR count). The molecule has 1 amide bonds. The summed E-state index contributed by atoms with van der Waals surface area (Å²) in [5, 5.41) is 9.38. The lowest BCUT2D eigenvalue weighted by Gasteiger charge is -2.13. The van der Waals surface area contributed by atoms with E-state index in [4.69, 9.17) is 0 Å². The van der Waals surface area contributed by atoms with Crippen molar-refractivity contribution in [2.75, 3.05) is 43.1 Å². The van der Waals surface area contributed by atoms with E-state index in [9.17, 15) is 4.79 Å².